The van der Waals surface area contributed by atoms with Crippen LogP contribution in [0.2, 0.25) is 0 Å². The quantitative estimate of drug-likeness (QED) is 0.180. The lowest BCUT2D eigenvalue weighted by Gasteiger charge is -2.19. The van der Waals surface area contributed by atoms with Crippen LogP contribution in [0.25, 0.3) is 0 Å². The van der Waals surface area contributed by atoms with E-state index in [1.54, 1.807) is 42.5 Å². The second kappa shape index (κ2) is 11.8. The van der Waals surface area contributed by atoms with Crippen molar-refractivity contribution >= 4 is 33.6 Å². The number of benzene rings is 2. The molecule has 0 aliphatic carbocycles. The van der Waals surface area contributed by atoms with E-state index in [0.29, 0.717) is 36.3 Å². The Morgan fingerprint density at radius 1 is 1.20 bits per heavy atom. The largest absolute Gasteiger partial charge is 0.504 e. The number of phenolic OH excluding ortho intramolecular Hbond substituents is 1. The standard InChI is InChI=1S/C21H23BrN2O6/c1-29-19-12-7-14(13-17(19)25)18(5-3-2-4-6-20(26)24-28)30-21(27)23-16-10-8-15(22)9-11-16/h4,6-13,18,25,28H,2-3,5H2,1H3,(H,23,27)(H,24,26)/b6-4+/t18-/m1/s1. The molecule has 0 heterocycles. The van der Waals surface area contributed by atoms with Gasteiger partial charge in [0.1, 0.15) is 6.10 Å². The first-order chi connectivity index (χ1) is 14.4. The number of hydrogen-bond acceptors (Lipinski definition) is 6. The molecule has 9 heteroatoms. The maximum atomic E-state index is 12.4. The molecule has 8 nitrogen and oxygen atoms in total. The Labute approximate surface area is 182 Å². The highest BCUT2D eigenvalue weighted by molar-refractivity contribution is 9.10. The highest BCUT2D eigenvalue weighted by Gasteiger charge is 2.18. The van der Waals surface area contributed by atoms with Crippen LogP contribution in [-0.2, 0) is 9.53 Å². The molecule has 0 bridgehead atoms. The first-order valence-electron chi connectivity index (χ1n) is 9.13. The molecule has 4 N–H and O–H groups in total. The normalized spacial score (nSPS) is 11.7. The van der Waals surface area contributed by atoms with E-state index in [-0.39, 0.29) is 5.75 Å². The summed E-state index contributed by atoms with van der Waals surface area (Å²) in [7, 11) is 1.45. The predicted molar refractivity (Wildman–Crippen MR) is 115 cm³/mol. The summed E-state index contributed by atoms with van der Waals surface area (Å²) in [5, 5.41) is 21.2. The van der Waals surface area contributed by atoms with Crippen molar-refractivity contribution in [2.24, 2.45) is 0 Å². The van der Waals surface area contributed by atoms with Crippen LogP contribution < -0.4 is 15.5 Å². The Morgan fingerprint density at radius 2 is 1.93 bits per heavy atom. The van der Waals surface area contributed by atoms with Gasteiger partial charge in [-0.25, -0.2) is 10.3 Å². The highest BCUT2D eigenvalue weighted by Crippen LogP contribution is 2.32. The average molecular weight is 479 g/mol. The van der Waals surface area contributed by atoms with E-state index in [1.807, 2.05) is 0 Å². The number of allylic oxidation sites excluding steroid dienone is 1. The topological polar surface area (TPSA) is 117 Å². The minimum Gasteiger partial charge on any atom is -0.504 e. The Balaban J connectivity index is 2.06. The molecule has 0 aliphatic heterocycles. The summed E-state index contributed by atoms with van der Waals surface area (Å²) >= 11 is 3.33. The Kier molecular flexibility index (Phi) is 9.17. The Bertz CT molecular complexity index is 886. The number of unbranched alkanes of at least 4 members (excludes halogenated alkanes) is 1. The van der Waals surface area contributed by atoms with Crippen LogP contribution in [0.4, 0.5) is 10.5 Å². The number of aromatic hydroxyl groups is 1. The summed E-state index contributed by atoms with van der Waals surface area (Å²) in [5.74, 6) is -0.358. The number of anilines is 1. The number of nitrogens with one attached hydrogen (secondary N) is 2. The van der Waals surface area contributed by atoms with Gasteiger partial charge in [-0.3, -0.25) is 15.3 Å². The van der Waals surface area contributed by atoms with Crippen molar-refractivity contribution in [2.45, 2.75) is 25.4 Å². The molecule has 2 aromatic carbocycles. The molecule has 0 spiro atoms. The lowest BCUT2D eigenvalue weighted by atomic mass is 10.0. The van der Waals surface area contributed by atoms with Gasteiger partial charge >= 0.3 is 6.09 Å². The molecule has 2 rings (SSSR count). The summed E-state index contributed by atoms with van der Waals surface area (Å²) in [6.07, 6.45) is 3.14. The van der Waals surface area contributed by atoms with Crippen molar-refractivity contribution in [3.05, 3.63) is 64.7 Å². The van der Waals surface area contributed by atoms with Crippen molar-refractivity contribution in [2.75, 3.05) is 12.4 Å². The summed E-state index contributed by atoms with van der Waals surface area (Å²) < 4.78 is 11.5. The van der Waals surface area contributed by atoms with Gasteiger partial charge in [-0.1, -0.05) is 28.1 Å². The third-order valence-electron chi connectivity index (χ3n) is 4.13. The third kappa shape index (κ3) is 7.41. The molecule has 30 heavy (non-hydrogen) atoms. The fourth-order valence-corrected chi connectivity index (χ4v) is 2.92. The molecule has 0 radical (unpaired) electrons. The van der Waals surface area contributed by atoms with Crippen molar-refractivity contribution in [1.29, 1.82) is 0 Å². The maximum absolute atomic E-state index is 12.4. The lowest BCUT2D eigenvalue weighted by molar-refractivity contribution is -0.124. The van der Waals surface area contributed by atoms with E-state index in [1.165, 1.54) is 24.7 Å². The van der Waals surface area contributed by atoms with Crippen LogP contribution in [0.1, 0.15) is 30.9 Å². The predicted octanol–water partition coefficient (Wildman–Crippen LogP) is 4.69. The number of methoxy groups -OCH3 is 1. The van der Waals surface area contributed by atoms with E-state index in [0.717, 1.165) is 4.47 Å². The zero-order valence-corrected chi connectivity index (χ0v) is 17.9. The number of rotatable bonds is 9. The van der Waals surface area contributed by atoms with E-state index in [4.69, 9.17) is 14.7 Å². The number of halogens is 1. The molecule has 0 unspecified atom stereocenters. The van der Waals surface area contributed by atoms with Crippen LogP contribution in [0, 0.1) is 0 Å². The van der Waals surface area contributed by atoms with Crippen molar-refractivity contribution in [3.8, 4) is 11.5 Å². The van der Waals surface area contributed by atoms with Gasteiger partial charge < -0.3 is 14.6 Å². The average Bonchev–Trinajstić information content (AvgIpc) is 2.74. The molecular weight excluding hydrogens is 456 g/mol. The van der Waals surface area contributed by atoms with Gasteiger partial charge in [-0.2, -0.15) is 0 Å². The van der Waals surface area contributed by atoms with E-state index in [2.05, 4.69) is 21.2 Å². The van der Waals surface area contributed by atoms with Crippen LogP contribution in [0.15, 0.2) is 59.1 Å². The monoisotopic (exact) mass is 478 g/mol. The lowest BCUT2D eigenvalue weighted by Crippen LogP contribution is -2.17. The highest BCUT2D eigenvalue weighted by atomic mass is 79.9. The Hall–Kier alpha value is -3.04. The number of ether oxygens (including phenoxy) is 2. The number of hydroxylamine groups is 1. The summed E-state index contributed by atoms with van der Waals surface area (Å²) in [4.78, 5) is 23.4. The van der Waals surface area contributed by atoms with Crippen LogP contribution in [0.3, 0.4) is 0 Å². The van der Waals surface area contributed by atoms with Crippen LogP contribution in [0.5, 0.6) is 11.5 Å². The first-order valence-corrected chi connectivity index (χ1v) is 9.93. The number of hydrogen-bond donors (Lipinski definition) is 4. The molecule has 0 saturated carbocycles. The fourth-order valence-electron chi connectivity index (χ4n) is 2.66. The van der Waals surface area contributed by atoms with Gasteiger partial charge in [0.25, 0.3) is 5.91 Å². The molecule has 0 aliphatic rings. The molecule has 0 aromatic heterocycles. The third-order valence-corrected chi connectivity index (χ3v) is 4.66. The summed E-state index contributed by atoms with van der Waals surface area (Å²) in [5.41, 5.74) is 2.70. The molecule has 0 fully saturated rings. The van der Waals surface area contributed by atoms with Crippen molar-refractivity contribution in [3.63, 3.8) is 0 Å². The van der Waals surface area contributed by atoms with E-state index >= 15 is 0 Å². The summed E-state index contributed by atoms with van der Waals surface area (Å²) in [6.45, 7) is 0. The van der Waals surface area contributed by atoms with Gasteiger partial charge in [0.15, 0.2) is 11.5 Å². The Morgan fingerprint density at radius 3 is 2.57 bits per heavy atom. The molecular formula is C21H23BrN2O6. The van der Waals surface area contributed by atoms with E-state index in [9.17, 15) is 14.7 Å². The zero-order chi connectivity index (χ0) is 21.9. The fraction of sp³-hybridized carbons (Fsp3) is 0.238. The molecule has 2 aromatic rings. The second-order valence-electron chi connectivity index (χ2n) is 6.27. The zero-order valence-electron chi connectivity index (χ0n) is 16.3. The van der Waals surface area contributed by atoms with Gasteiger partial charge in [-0.05, 0) is 61.2 Å². The van der Waals surface area contributed by atoms with Gasteiger partial charge in [0.05, 0.1) is 7.11 Å². The molecule has 160 valence electrons. The van der Waals surface area contributed by atoms with Crippen LogP contribution >= 0.6 is 15.9 Å². The SMILES string of the molecule is COc1ccc([C@@H](CCC/C=C/C(=O)NO)OC(=O)Nc2ccc(Br)cc2)cc1O. The number of phenols is 1. The second-order valence-corrected chi connectivity index (χ2v) is 7.18. The maximum Gasteiger partial charge on any atom is 0.412 e. The molecule has 1 atom stereocenters. The van der Waals surface area contributed by atoms with E-state index < -0.39 is 18.1 Å². The smallest absolute Gasteiger partial charge is 0.412 e. The molecule has 0 saturated heterocycles. The summed E-state index contributed by atoms with van der Waals surface area (Å²) in [6, 6.07) is 11.9. The van der Waals surface area contributed by atoms with Gasteiger partial charge in [-0.15, -0.1) is 0 Å². The number of carbonyl (C=O) groups excluding carboxylic acids is 2. The van der Waals surface area contributed by atoms with Gasteiger partial charge in [0, 0.05) is 16.2 Å². The minimum absolute atomic E-state index is 0.0589. The van der Waals surface area contributed by atoms with Crippen LogP contribution in [-0.4, -0.2) is 29.4 Å². The first kappa shape index (κ1) is 23.2. The minimum atomic E-state index is -0.632. The molecule has 2 amide bonds. The van der Waals surface area contributed by atoms with Gasteiger partial charge in [0.2, 0.25) is 0 Å². The van der Waals surface area contributed by atoms with Crippen molar-refractivity contribution < 1.29 is 29.4 Å². The number of carbonyl (C=O) groups is 2. The van der Waals surface area contributed by atoms with Crippen molar-refractivity contribution in [1.82, 2.24) is 5.48 Å². The number of amides is 2.